The summed E-state index contributed by atoms with van der Waals surface area (Å²) >= 11 is 0. The smallest absolute Gasteiger partial charge is 0.0625 e. The quantitative estimate of drug-likeness (QED) is 0.704. The van der Waals surface area contributed by atoms with Crippen LogP contribution in [0.4, 0.5) is 0 Å². The average molecular weight is 215 g/mol. The molecule has 2 heteroatoms. The van der Waals surface area contributed by atoms with E-state index in [0.717, 1.165) is 19.4 Å². The van der Waals surface area contributed by atoms with Gasteiger partial charge in [-0.25, -0.2) is 0 Å². The molecule has 1 N–H and O–H groups in total. The molecule has 0 amide bonds. The first-order valence-corrected chi connectivity index (χ1v) is 6.02. The molecule has 0 aliphatic rings. The number of hydrogen-bond acceptors (Lipinski definition) is 2. The maximum atomic E-state index is 5.44. The van der Waals surface area contributed by atoms with Crippen LogP contribution < -0.4 is 5.32 Å². The van der Waals surface area contributed by atoms with Gasteiger partial charge in [0.05, 0.1) is 5.60 Å². The van der Waals surface area contributed by atoms with Crippen molar-refractivity contribution in [1.29, 1.82) is 0 Å². The molecule has 0 saturated heterocycles. The average Bonchev–Trinajstić information content (AvgIpc) is 2.15. The zero-order valence-corrected chi connectivity index (χ0v) is 11.6. The molecule has 0 radical (unpaired) electrons. The Kier molecular flexibility index (Phi) is 5.82. The summed E-state index contributed by atoms with van der Waals surface area (Å²) < 4.78 is 5.44. The van der Waals surface area contributed by atoms with Crippen LogP contribution in [-0.4, -0.2) is 24.8 Å². The summed E-state index contributed by atoms with van der Waals surface area (Å²) in [5.41, 5.74) is 0.253. The minimum absolute atomic E-state index is 0.00253. The standard InChI is InChI=1S/C13H29NO/c1-8-12(3,4)14-10-11(2)9-13(5,6)15-7/h11,14H,8-10H2,1-7H3. The normalized spacial score (nSPS) is 15.4. The van der Waals surface area contributed by atoms with Gasteiger partial charge in [0.1, 0.15) is 0 Å². The lowest BCUT2D eigenvalue weighted by molar-refractivity contribution is 0.00331. The highest BCUT2D eigenvalue weighted by atomic mass is 16.5. The van der Waals surface area contributed by atoms with Crippen molar-refractivity contribution in [3.63, 3.8) is 0 Å². The topological polar surface area (TPSA) is 21.3 Å². The number of ether oxygens (including phenoxy) is 1. The van der Waals surface area contributed by atoms with Gasteiger partial charge in [-0.1, -0.05) is 13.8 Å². The van der Waals surface area contributed by atoms with Gasteiger partial charge in [-0.15, -0.1) is 0 Å². The zero-order chi connectivity index (χ0) is 12.1. The van der Waals surface area contributed by atoms with E-state index in [9.17, 15) is 0 Å². The number of methoxy groups -OCH3 is 1. The molecule has 0 aliphatic carbocycles. The molecule has 0 saturated carbocycles. The van der Waals surface area contributed by atoms with Gasteiger partial charge >= 0.3 is 0 Å². The third-order valence-corrected chi connectivity index (χ3v) is 3.21. The van der Waals surface area contributed by atoms with Crippen LogP contribution in [-0.2, 0) is 4.74 Å². The molecular formula is C13H29NO. The summed E-state index contributed by atoms with van der Waals surface area (Å²) in [6.07, 6.45) is 2.25. The monoisotopic (exact) mass is 215 g/mol. The van der Waals surface area contributed by atoms with Crippen LogP contribution in [0.3, 0.4) is 0 Å². The molecule has 0 aliphatic heterocycles. The molecule has 0 heterocycles. The Bertz CT molecular complexity index is 175. The lowest BCUT2D eigenvalue weighted by atomic mass is 9.93. The van der Waals surface area contributed by atoms with E-state index in [4.69, 9.17) is 4.74 Å². The van der Waals surface area contributed by atoms with Gasteiger partial charge in [0.15, 0.2) is 0 Å². The van der Waals surface area contributed by atoms with Crippen LogP contribution in [0.15, 0.2) is 0 Å². The number of rotatable bonds is 7. The minimum Gasteiger partial charge on any atom is -0.379 e. The SMILES string of the molecule is CCC(C)(C)NCC(C)CC(C)(C)OC. The van der Waals surface area contributed by atoms with Gasteiger partial charge in [0, 0.05) is 12.6 Å². The lowest BCUT2D eigenvalue weighted by Crippen LogP contribution is -2.42. The van der Waals surface area contributed by atoms with Gasteiger partial charge in [-0.05, 0) is 53.0 Å². The van der Waals surface area contributed by atoms with Gasteiger partial charge in [0.25, 0.3) is 0 Å². The molecule has 1 atom stereocenters. The second-order valence-corrected chi connectivity index (χ2v) is 5.89. The van der Waals surface area contributed by atoms with Gasteiger partial charge in [0.2, 0.25) is 0 Å². The van der Waals surface area contributed by atoms with Gasteiger partial charge < -0.3 is 10.1 Å². The van der Waals surface area contributed by atoms with E-state index in [2.05, 4.69) is 46.9 Å². The van der Waals surface area contributed by atoms with E-state index in [1.54, 1.807) is 7.11 Å². The molecule has 15 heavy (non-hydrogen) atoms. The highest BCUT2D eigenvalue weighted by molar-refractivity contribution is 4.78. The predicted molar refractivity (Wildman–Crippen MR) is 67.2 cm³/mol. The van der Waals surface area contributed by atoms with Crippen molar-refractivity contribution in [2.24, 2.45) is 5.92 Å². The molecule has 2 nitrogen and oxygen atoms in total. The third kappa shape index (κ3) is 6.91. The summed E-state index contributed by atoms with van der Waals surface area (Å²) in [6.45, 7) is 14.4. The van der Waals surface area contributed by atoms with E-state index < -0.39 is 0 Å². The highest BCUT2D eigenvalue weighted by Gasteiger charge is 2.21. The molecule has 0 bridgehead atoms. The van der Waals surface area contributed by atoms with E-state index in [1.165, 1.54) is 0 Å². The van der Waals surface area contributed by atoms with Gasteiger partial charge in [-0.3, -0.25) is 0 Å². The molecule has 0 aromatic heterocycles. The molecule has 0 aromatic rings. The summed E-state index contributed by atoms with van der Waals surface area (Å²) in [5.74, 6) is 0.644. The minimum atomic E-state index is -0.00253. The molecule has 1 unspecified atom stereocenters. The molecule has 92 valence electrons. The van der Waals surface area contributed by atoms with Gasteiger partial charge in [-0.2, -0.15) is 0 Å². The van der Waals surface area contributed by atoms with Crippen LogP contribution in [0.5, 0.6) is 0 Å². The number of nitrogens with one attached hydrogen (secondary N) is 1. The molecule has 0 spiro atoms. The van der Waals surface area contributed by atoms with Crippen molar-refractivity contribution in [3.05, 3.63) is 0 Å². The molecule has 0 aromatic carbocycles. The first-order valence-electron chi connectivity index (χ1n) is 6.02. The Morgan fingerprint density at radius 2 is 1.73 bits per heavy atom. The van der Waals surface area contributed by atoms with Crippen LogP contribution >= 0.6 is 0 Å². The fourth-order valence-electron chi connectivity index (χ4n) is 1.57. The first-order chi connectivity index (χ1) is 6.72. The van der Waals surface area contributed by atoms with E-state index in [1.807, 2.05) is 0 Å². The van der Waals surface area contributed by atoms with Crippen LogP contribution in [0.2, 0.25) is 0 Å². The van der Waals surface area contributed by atoms with Crippen LogP contribution in [0.25, 0.3) is 0 Å². The van der Waals surface area contributed by atoms with Crippen LogP contribution in [0.1, 0.15) is 54.4 Å². The lowest BCUT2D eigenvalue weighted by Gasteiger charge is -2.30. The molecule has 0 rings (SSSR count). The predicted octanol–water partition coefficient (Wildman–Crippen LogP) is 3.22. The maximum Gasteiger partial charge on any atom is 0.0625 e. The van der Waals surface area contributed by atoms with E-state index in [0.29, 0.717) is 5.92 Å². The first kappa shape index (κ1) is 14.9. The fraction of sp³-hybridized carbons (Fsp3) is 1.00. The van der Waals surface area contributed by atoms with Crippen molar-refractivity contribution in [2.75, 3.05) is 13.7 Å². The summed E-state index contributed by atoms with van der Waals surface area (Å²) in [6, 6.07) is 0. The Morgan fingerprint density at radius 1 is 1.20 bits per heavy atom. The molecular weight excluding hydrogens is 186 g/mol. The Labute approximate surface area is 95.8 Å². The van der Waals surface area contributed by atoms with Crippen molar-refractivity contribution < 1.29 is 4.74 Å². The maximum absolute atomic E-state index is 5.44. The van der Waals surface area contributed by atoms with E-state index in [-0.39, 0.29) is 11.1 Å². The third-order valence-electron chi connectivity index (χ3n) is 3.21. The van der Waals surface area contributed by atoms with Crippen molar-refractivity contribution in [1.82, 2.24) is 5.32 Å². The second-order valence-electron chi connectivity index (χ2n) is 5.89. The summed E-state index contributed by atoms with van der Waals surface area (Å²) in [7, 11) is 1.79. The fourth-order valence-corrected chi connectivity index (χ4v) is 1.57. The molecule has 0 fully saturated rings. The van der Waals surface area contributed by atoms with Crippen molar-refractivity contribution >= 4 is 0 Å². The number of hydrogen-bond donors (Lipinski definition) is 1. The summed E-state index contributed by atoms with van der Waals surface area (Å²) in [5, 5.41) is 3.60. The Balaban J connectivity index is 3.90. The van der Waals surface area contributed by atoms with Crippen LogP contribution in [0, 0.1) is 5.92 Å². The summed E-state index contributed by atoms with van der Waals surface area (Å²) in [4.78, 5) is 0. The largest absolute Gasteiger partial charge is 0.379 e. The highest BCUT2D eigenvalue weighted by Crippen LogP contribution is 2.19. The Hall–Kier alpha value is -0.0800. The zero-order valence-electron chi connectivity index (χ0n) is 11.6. The van der Waals surface area contributed by atoms with E-state index >= 15 is 0 Å². The second kappa shape index (κ2) is 5.86. The van der Waals surface area contributed by atoms with Crippen molar-refractivity contribution in [3.8, 4) is 0 Å². The van der Waals surface area contributed by atoms with Crippen molar-refractivity contribution in [2.45, 2.75) is 65.5 Å². The Morgan fingerprint density at radius 3 is 2.13 bits per heavy atom.